The van der Waals surface area contributed by atoms with Gasteiger partial charge in [-0.15, -0.1) is 12.4 Å². The number of nitrogens with zero attached hydrogens (tertiary/aromatic N) is 3. The Morgan fingerprint density at radius 1 is 0.966 bits per heavy atom. The van der Waals surface area contributed by atoms with Gasteiger partial charge in [0, 0.05) is 42.4 Å². The second kappa shape index (κ2) is 8.68. The van der Waals surface area contributed by atoms with Gasteiger partial charge in [0.25, 0.3) is 0 Å². The molecule has 5 heteroatoms. The molecule has 2 heterocycles. The highest BCUT2D eigenvalue weighted by Crippen LogP contribution is 2.34. The summed E-state index contributed by atoms with van der Waals surface area (Å²) in [5.41, 5.74) is 5.97. The van der Waals surface area contributed by atoms with Gasteiger partial charge in [-0.25, -0.2) is 4.39 Å². The lowest BCUT2D eigenvalue weighted by Gasteiger charge is -2.32. The fourth-order valence-electron chi connectivity index (χ4n) is 4.82. The molecule has 1 fully saturated rings. The number of hydrogen-bond donors (Lipinski definition) is 0. The summed E-state index contributed by atoms with van der Waals surface area (Å²) in [6.07, 6.45) is 6.38. The highest BCUT2D eigenvalue weighted by atomic mass is 35.5. The zero-order valence-electron chi connectivity index (χ0n) is 16.6. The molecular formula is C24H27ClFN3. The summed E-state index contributed by atoms with van der Waals surface area (Å²) in [5, 5.41) is 5.02. The average Bonchev–Trinajstić information content (AvgIpc) is 3.38. The lowest BCUT2D eigenvalue weighted by Crippen LogP contribution is -2.38. The van der Waals surface area contributed by atoms with Crippen LogP contribution < -0.4 is 0 Å². The van der Waals surface area contributed by atoms with E-state index in [2.05, 4.69) is 33.8 Å². The molecule has 3 nitrogen and oxygen atoms in total. The van der Waals surface area contributed by atoms with E-state index in [1.165, 1.54) is 54.6 Å². The second-order valence-corrected chi connectivity index (χ2v) is 8.08. The molecule has 0 spiro atoms. The molecule has 0 amide bonds. The summed E-state index contributed by atoms with van der Waals surface area (Å²) in [4.78, 5) is 2.65. The smallest absolute Gasteiger partial charge is 0.123 e. The van der Waals surface area contributed by atoms with Crippen LogP contribution in [0.15, 0.2) is 54.6 Å². The summed E-state index contributed by atoms with van der Waals surface area (Å²) >= 11 is 0. The van der Waals surface area contributed by atoms with Crippen LogP contribution in [0.5, 0.6) is 0 Å². The van der Waals surface area contributed by atoms with Crippen LogP contribution in [0.25, 0.3) is 11.3 Å². The molecule has 29 heavy (non-hydrogen) atoms. The van der Waals surface area contributed by atoms with Crippen molar-refractivity contribution >= 4 is 12.4 Å². The number of benzene rings is 2. The van der Waals surface area contributed by atoms with Gasteiger partial charge in [-0.1, -0.05) is 43.2 Å². The lowest BCUT2D eigenvalue weighted by atomic mass is 9.99. The Labute approximate surface area is 178 Å². The van der Waals surface area contributed by atoms with Crippen LogP contribution in [0.3, 0.4) is 0 Å². The first-order valence-corrected chi connectivity index (χ1v) is 10.4. The largest absolute Gasteiger partial charge is 0.296 e. The Morgan fingerprint density at radius 2 is 1.69 bits per heavy atom. The molecule has 1 aromatic heterocycles. The van der Waals surface area contributed by atoms with Gasteiger partial charge >= 0.3 is 0 Å². The van der Waals surface area contributed by atoms with Crippen molar-refractivity contribution in [1.29, 1.82) is 0 Å². The number of hydrogen-bond acceptors (Lipinski definition) is 2. The summed E-state index contributed by atoms with van der Waals surface area (Å²) < 4.78 is 15.6. The van der Waals surface area contributed by atoms with Crippen molar-refractivity contribution in [2.24, 2.45) is 0 Å². The first-order chi connectivity index (χ1) is 13.8. The minimum atomic E-state index is -0.200. The van der Waals surface area contributed by atoms with Gasteiger partial charge in [0.05, 0.1) is 12.2 Å². The van der Waals surface area contributed by atoms with Crippen LogP contribution in [0.1, 0.15) is 42.5 Å². The Kier molecular flexibility index (Phi) is 6.02. The summed E-state index contributed by atoms with van der Waals surface area (Å²) in [6.45, 7) is 2.86. The summed E-state index contributed by atoms with van der Waals surface area (Å²) in [7, 11) is 0. The van der Waals surface area contributed by atoms with Crippen molar-refractivity contribution in [3.05, 3.63) is 77.2 Å². The SMILES string of the molecule is Cl.Fc1ccc(-c2nn(Cc3ccccc3)c3c2CN(C2CCCC2)CC3)cc1. The van der Waals surface area contributed by atoms with Crippen LogP contribution in [0, 0.1) is 5.82 Å². The van der Waals surface area contributed by atoms with Gasteiger partial charge in [0.1, 0.15) is 5.82 Å². The Hall–Kier alpha value is -2.17. The average molecular weight is 412 g/mol. The molecule has 0 unspecified atom stereocenters. The molecular weight excluding hydrogens is 385 g/mol. The molecule has 0 saturated heterocycles. The van der Waals surface area contributed by atoms with Crippen LogP contribution in [-0.2, 0) is 19.5 Å². The van der Waals surface area contributed by atoms with Crippen molar-refractivity contribution in [1.82, 2.24) is 14.7 Å². The molecule has 1 aliphatic carbocycles. The van der Waals surface area contributed by atoms with E-state index in [1.54, 1.807) is 0 Å². The van der Waals surface area contributed by atoms with E-state index in [-0.39, 0.29) is 18.2 Å². The Bertz CT molecular complexity index is 946. The maximum atomic E-state index is 13.5. The predicted octanol–water partition coefficient (Wildman–Crippen LogP) is 5.46. The standard InChI is InChI=1S/C24H26FN3.ClH/c25-20-12-10-19(11-13-20)24-22-17-27(21-8-4-5-9-21)15-14-23(22)28(26-24)16-18-6-2-1-3-7-18;/h1-3,6-7,10-13,21H,4-5,8-9,14-17H2;1H. The van der Waals surface area contributed by atoms with Crippen molar-refractivity contribution in [3.63, 3.8) is 0 Å². The first kappa shape index (κ1) is 20.1. The van der Waals surface area contributed by atoms with E-state index < -0.39 is 0 Å². The summed E-state index contributed by atoms with van der Waals surface area (Å²) in [6, 6.07) is 18.0. The van der Waals surface area contributed by atoms with Gasteiger partial charge in [0.15, 0.2) is 0 Å². The van der Waals surface area contributed by atoms with E-state index in [1.807, 2.05) is 18.2 Å². The van der Waals surface area contributed by atoms with Crippen LogP contribution >= 0.6 is 12.4 Å². The fourth-order valence-corrected chi connectivity index (χ4v) is 4.82. The molecule has 3 aromatic rings. The van der Waals surface area contributed by atoms with E-state index >= 15 is 0 Å². The van der Waals surface area contributed by atoms with Crippen molar-refractivity contribution in [2.75, 3.05) is 6.54 Å². The topological polar surface area (TPSA) is 21.1 Å². The first-order valence-electron chi connectivity index (χ1n) is 10.4. The third kappa shape index (κ3) is 4.10. The van der Waals surface area contributed by atoms with E-state index in [0.717, 1.165) is 37.3 Å². The zero-order valence-corrected chi connectivity index (χ0v) is 17.4. The quantitative estimate of drug-likeness (QED) is 0.568. The van der Waals surface area contributed by atoms with Crippen molar-refractivity contribution in [2.45, 2.75) is 51.2 Å². The number of halogens is 2. The minimum Gasteiger partial charge on any atom is -0.296 e. The summed E-state index contributed by atoms with van der Waals surface area (Å²) in [5.74, 6) is -0.200. The third-order valence-electron chi connectivity index (χ3n) is 6.30. The van der Waals surface area contributed by atoms with Gasteiger partial charge in [-0.3, -0.25) is 9.58 Å². The zero-order chi connectivity index (χ0) is 18.9. The van der Waals surface area contributed by atoms with E-state index in [9.17, 15) is 4.39 Å². The van der Waals surface area contributed by atoms with E-state index in [4.69, 9.17) is 5.10 Å². The molecule has 0 bridgehead atoms. The third-order valence-corrected chi connectivity index (χ3v) is 6.30. The molecule has 152 valence electrons. The normalized spacial score (nSPS) is 17.1. The van der Waals surface area contributed by atoms with E-state index in [0.29, 0.717) is 6.04 Å². The van der Waals surface area contributed by atoms with Gasteiger partial charge < -0.3 is 0 Å². The molecule has 0 atom stereocenters. The monoisotopic (exact) mass is 411 g/mol. The molecule has 0 N–H and O–H groups in total. The highest BCUT2D eigenvalue weighted by Gasteiger charge is 2.30. The molecule has 1 aliphatic heterocycles. The maximum Gasteiger partial charge on any atom is 0.123 e. The molecule has 5 rings (SSSR count). The number of fused-ring (bicyclic) bond motifs is 1. The van der Waals surface area contributed by atoms with Crippen LogP contribution in [0.4, 0.5) is 4.39 Å². The minimum absolute atomic E-state index is 0. The Morgan fingerprint density at radius 3 is 2.41 bits per heavy atom. The Balaban J connectivity index is 0.00000205. The highest BCUT2D eigenvalue weighted by molar-refractivity contribution is 5.85. The van der Waals surface area contributed by atoms with Gasteiger partial charge in [-0.05, 0) is 42.7 Å². The fraction of sp³-hybridized carbons (Fsp3) is 0.375. The maximum absolute atomic E-state index is 13.5. The molecule has 1 saturated carbocycles. The van der Waals surface area contributed by atoms with Crippen molar-refractivity contribution < 1.29 is 4.39 Å². The number of aromatic nitrogens is 2. The molecule has 2 aliphatic rings. The molecule has 0 radical (unpaired) electrons. The van der Waals surface area contributed by atoms with Crippen molar-refractivity contribution in [3.8, 4) is 11.3 Å². The van der Waals surface area contributed by atoms with Gasteiger partial charge in [0.2, 0.25) is 0 Å². The molecule has 2 aromatic carbocycles. The predicted molar refractivity (Wildman–Crippen MR) is 117 cm³/mol. The lowest BCUT2D eigenvalue weighted by molar-refractivity contribution is 0.179. The number of rotatable bonds is 4. The van der Waals surface area contributed by atoms with Gasteiger partial charge in [-0.2, -0.15) is 5.10 Å². The van der Waals surface area contributed by atoms with Crippen LogP contribution in [-0.4, -0.2) is 27.3 Å². The van der Waals surface area contributed by atoms with Crippen LogP contribution in [0.2, 0.25) is 0 Å². The second-order valence-electron chi connectivity index (χ2n) is 8.08.